The van der Waals surface area contributed by atoms with Gasteiger partial charge in [0.2, 0.25) is 0 Å². The molecule has 2 aromatic rings. The third-order valence-electron chi connectivity index (χ3n) is 3.89. The summed E-state index contributed by atoms with van der Waals surface area (Å²) in [7, 11) is 0. The molecule has 0 aliphatic heterocycles. The van der Waals surface area contributed by atoms with Crippen LogP contribution in [0.3, 0.4) is 0 Å². The fraction of sp³-hybridized carbons (Fsp3) is 0.471. The van der Waals surface area contributed by atoms with Crippen molar-refractivity contribution < 1.29 is 0 Å². The largest absolute Gasteiger partial charge is 0.364 e. The maximum absolute atomic E-state index is 4.49. The molecule has 2 aromatic heterocycles. The molecule has 3 nitrogen and oxygen atoms in total. The number of rotatable bonds is 7. The molecule has 0 radical (unpaired) electrons. The van der Waals surface area contributed by atoms with E-state index in [0.29, 0.717) is 6.04 Å². The molecule has 0 bridgehead atoms. The average Bonchev–Trinajstić information content (AvgIpc) is 3.20. The lowest BCUT2D eigenvalue weighted by Gasteiger charge is -2.27. The van der Waals surface area contributed by atoms with E-state index in [0.717, 1.165) is 25.3 Å². The lowest BCUT2D eigenvalue weighted by Crippen LogP contribution is -2.27. The smallest absolute Gasteiger partial charge is 0.0451 e. The Kier molecular flexibility index (Phi) is 4.56. The van der Waals surface area contributed by atoms with Gasteiger partial charge in [0.05, 0.1) is 0 Å². The fourth-order valence-electron chi connectivity index (χ4n) is 2.61. The van der Waals surface area contributed by atoms with E-state index in [1.807, 2.05) is 6.20 Å². The van der Waals surface area contributed by atoms with Crippen LogP contribution in [0.25, 0.3) is 0 Å². The maximum atomic E-state index is 4.49. The van der Waals surface area contributed by atoms with Crippen LogP contribution >= 0.6 is 11.3 Å². The first-order valence-corrected chi connectivity index (χ1v) is 8.66. The van der Waals surface area contributed by atoms with Crippen molar-refractivity contribution in [2.75, 3.05) is 11.4 Å². The first kappa shape index (κ1) is 14.5. The number of hydrogen-bond donors (Lipinski definition) is 1. The van der Waals surface area contributed by atoms with Crippen molar-refractivity contribution in [3.8, 4) is 0 Å². The van der Waals surface area contributed by atoms with Gasteiger partial charge in [0.1, 0.15) is 0 Å². The van der Waals surface area contributed by atoms with E-state index in [4.69, 9.17) is 0 Å². The number of hydrogen-bond acceptors (Lipinski definition) is 4. The highest BCUT2D eigenvalue weighted by Crippen LogP contribution is 2.35. The minimum absolute atomic E-state index is 0.701. The topological polar surface area (TPSA) is 28.2 Å². The molecule has 4 heteroatoms. The maximum Gasteiger partial charge on any atom is 0.0451 e. The van der Waals surface area contributed by atoms with E-state index < -0.39 is 0 Å². The zero-order valence-electron chi connectivity index (χ0n) is 12.8. The molecular weight excluding hydrogens is 278 g/mol. The van der Waals surface area contributed by atoms with Crippen LogP contribution < -0.4 is 10.2 Å². The summed E-state index contributed by atoms with van der Waals surface area (Å²) in [5, 5.41) is 7.85. The molecule has 1 N–H and O–H groups in total. The van der Waals surface area contributed by atoms with Crippen molar-refractivity contribution in [1.82, 2.24) is 10.3 Å². The van der Waals surface area contributed by atoms with Gasteiger partial charge >= 0.3 is 0 Å². The normalized spacial score (nSPS) is 14.4. The first-order chi connectivity index (χ1) is 10.3. The van der Waals surface area contributed by atoms with E-state index in [1.54, 1.807) is 11.3 Å². The Labute approximate surface area is 131 Å². The second-order valence-electron chi connectivity index (χ2n) is 5.73. The SMILES string of the molecule is CCNCc1cnc(C)cc1N(Cc1ccsc1)C1CC1. The summed E-state index contributed by atoms with van der Waals surface area (Å²) in [5.74, 6) is 0. The van der Waals surface area contributed by atoms with Gasteiger partial charge in [-0.05, 0) is 54.8 Å². The Bertz CT molecular complexity index is 576. The monoisotopic (exact) mass is 301 g/mol. The molecule has 2 heterocycles. The third-order valence-corrected chi connectivity index (χ3v) is 4.63. The van der Waals surface area contributed by atoms with Crippen LogP contribution in [0.5, 0.6) is 0 Å². The van der Waals surface area contributed by atoms with E-state index in [-0.39, 0.29) is 0 Å². The second-order valence-corrected chi connectivity index (χ2v) is 6.51. The van der Waals surface area contributed by atoms with Crippen LogP contribution in [0.2, 0.25) is 0 Å². The van der Waals surface area contributed by atoms with Gasteiger partial charge in [-0.15, -0.1) is 0 Å². The van der Waals surface area contributed by atoms with Crippen LogP contribution in [-0.4, -0.2) is 17.6 Å². The molecule has 1 saturated carbocycles. The van der Waals surface area contributed by atoms with Crippen LogP contribution in [-0.2, 0) is 13.1 Å². The number of pyridine rings is 1. The molecule has 1 aliphatic carbocycles. The zero-order chi connectivity index (χ0) is 14.7. The molecule has 1 aliphatic rings. The summed E-state index contributed by atoms with van der Waals surface area (Å²) in [5.41, 5.74) is 5.18. The summed E-state index contributed by atoms with van der Waals surface area (Å²) >= 11 is 1.78. The van der Waals surface area contributed by atoms with Gasteiger partial charge in [0.25, 0.3) is 0 Å². The van der Waals surface area contributed by atoms with Crippen molar-refractivity contribution >= 4 is 17.0 Å². The second kappa shape index (κ2) is 6.58. The van der Waals surface area contributed by atoms with Crippen molar-refractivity contribution in [3.05, 3.63) is 45.9 Å². The molecule has 21 heavy (non-hydrogen) atoms. The lowest BCUT2D eigenvalue weighted by atomic mass is 10.1. The van der Waals surface area contributed by atoms with Gasteiger partial charge < -0.3 is 10.2 Å². The molecule has 0 atom stereocenters. The van der Waals surface area contributed by atoms with Crippen LogP contribution in [0.15, 0.2) is 29.1 Å². The van der Waals surface area contributed by atoms with Crippen LogP contribution in [0.1, 0.15) is 36.6 Å². The summed E-state index contributed by atoms with van der Waals surface area (Å²) in [6.07, 6.45) is 4.66. The average molecular weight is 301 g/mol. The molecule has 0 spiro atoms. The van der Waals surface area contributed by atoms with Crippen molar-refractivity contribution in [2.45, 2.75) is 45.8 Å². The van der Waals surface area contributed by atoms with Crippen molar-refractivity contribution in [3.63, 3.8) is 0 Å². The summed E-state index contributed by atoms with van der Waals surface area (Å²) in [6.45, 7) is 7.12. The molecule has 1 fully saturated rings. The van der Waals surface area contributed by atoms with Crippen LogP contribution in [0, 0.1) is 6.92 Å². The standard InChI is InChI=1S/C17H23N3S/c1-3-18-9-15-10-19-13(2)8-17(15)20(16-4-5-16)11-14-6-7-21-12-14/h6-8,10,12,16,18H,3-5,9,11H2,1-2H3. The van der Waals surface area contributed by atoms with E-state index in [9.17, 15) is 0 Å². The Balaban J connectivity index is 1.88. The first-order valence-electron chi connectivity index (χ1n) is 7.72. The molecule has 3 rings (SSSR count). The summed E-state index contributed by atoms with van der Waals surface area (Å²) in [6, 6.07) is 5.18. The number of aromatic nitrogens is 1. The number of nitrogens with one attached hydrogen (secondary N) is 1. The highest BCUT2D eigenvalue weighted by molar-refractivity contribution is 7.07. The van der Waals surface area contributed by atoms with E-state index >= 15 is 0 Å². The van der Waals surface area contributed by atoms with Gasteiger partial charge in [-0.3, -0.25) is 4.98 Å². The number of thiophene rings is 1. The highest BCUT2D eigenvalue weighted by Gasteiger charge is 2.30. The van der Waals surface area contributed by atoms with Gasteiger partial charge in [-0.1, -0.05) is 6.92 Å². The van der Waals surface area contributed by atoms with Crippen LogP contribution in [0.4, 0.5) is 5.69 Å². The Morgan fingerprint density at radius 3 is 2.95 bits per heavy atom. The molecule has 0 aromatic carbocycles. The Hall–Kier alpha value is -1.39. The van der Waals surface area contributed by atoms with Gasteiger partial charge in [-0.25, -0.2) is 0 Å². The number of aryl methyl sites for hydroxylation is 1. The number of nitrogens with zero attached hydrogens (tertiary/aromatic N) is 2. The van der Waals surface area contributed by atoms with Gasteiger partial charge in [0, 0.05) is 42.3 Å². The Morgan fingerprint density at radius 2 is 2.29 bits per heavy atom. The Morgan fingerprint density at radius 1 is 1.43 bits per heavy atom. The molecule has 0 saturated heterocycles. The predicted octanol–water partition coefficient (Wildman–Crippen LogP) is 3.73. The molecular formula is C17H23N3S. The fourth-order valence-corrected chi connectivity index (χ4v) is 3.27. The third kappa shape index (κ3) is 3.63. The minimum atomic E-state index is 0.701. The lowest BCUT2D eigenvalue weighted by molar-refractivity contribution is 0.711. The predicted molar refractivity (Wildman–Crippen MR) is 89.9 cm³/mol. The molecule has 112 valence electrons. The van der Waals surface area contributed by atoms with Crippen molar-refractivity contribution in [1.29, 1.82) is 0 Å². The van der Waals surface area contributed by atoms with Gasteiger partial charge in [0.15, 0.2) is 0 Å². The van der Waals surface area contributed by atoms with Gasteiger partial charge in [-0.2, -0.15) is 11.3 Å². The van der Waals surface area contributed by atoms with Crippen molar-refractivity contribution in [2.24, 2.45) is 0 Å². The molecule has 0 unspecified atom stereocenters. The molecule has 0 amide bonds. The summed E-state index contributed by atoms with van der Waals surface area (Å²) in [4.78, 5) is 7.06. The summed E-state index contributed by atoms with van der Waals surface area (Å²) < 4.78 is 0. The van der Waals surface area contributed by atoms with E-state index in [2.05, 4.69) is 51.9 Å². The highest BCUT2D eigenvalue weighted by atomic mass is 32.1. The minimum Gasteiger partial charge on any atom is -0.364 e. The van der Waals surface area contributed by atoms with E-state index in [1.165, 1.54) is 29.7 Å². The quantitative estimate of drug-likeness (QED) is 0.844. The number of anilines is 1. The zero-order valence-corrected chi connectivity index (χ0v) is 13.6.